The Bertz CT molecular complexity index is 255. The number of nitrogens with zero attached hydrogens (tertiary/aromatic N) is 1. The van der Waals surface area contributed by atoms with Crippen LogP contribution < -0.4 is 0 Å². The summed E-state index contributed by atoms with van der Waals surface area (Å²) in [5, 5.41) is 18.1. The highest BCUT2D eigenvalue weighted by Crippen LogP contribution is 2.19. The van der Waals surface area contributed by atoms with Crippen LogP contribution >= 0.6 is 0 Å². The van der Waals surface area contributed by atoms with Gasteiger partial charge in [-0.3, -0.25) is 4.79 Å². The molecule has 1 aliphatic rings. The normalized spacial score (nSPS) is 22.6. The van der Waals surface area contributed by atoms with Gasteiger partial charge in [-0.15, -0.1) is 0 Å². The number of methoxy groups -OCH3 is 1. The molecule has 2 unspecified atom stereocenters. The predicted octanol–water partition coefficient (Wildman–Crippen LogP) is -1.64. The molecule has 1 saturated heterocycles. The maximum atomic E-state index is 11.3. The predicted molar refractivity (Wildman–Crippen MR) is 49.8 cm³/mol. The van der Waals surface area contributed by atoms with Gasteiger partial charge in [-0.2, -0.15) is 0 Å². The van der Waals surface area contributed by atoms with Gasteiger partial charge in [0, 0.05) is 19.0 Å². The van der Waals surface area contributed by atoms with Gasteiger partial charge in [0.05, 0.1) is 19.8 Å². The molecule has 6 heteroatoms. The molecule has 0 spiro atoms. The minimum absolute atomic E-state index is 0.163. The maximum Gasteiger partial charge on any atom is 0.396 e. The average molecular weight is 217 g/mol. The second kappa shape index (κ2) is 5.09. The Morgan fingerprint density at radius 1 is 1.60 bits per heavy atom. The van der Waals surface area contributed by atoms with Gasteiger partial charge in [0.25, 0.3) is 0 Å². The smallest absolute Gasteiger partial charge is 0.396 e. The lowest BCUT2D eigenvalue weighted by atomic mass is 10.0. The molecule has 15 heavy (non-hydrogen) atoms. The van der Waals surface area contributed by atoms with Gasteiger partial charge >= 0.3 is 11.9 Å². The first-order chi connectivity index (χ1) is 7.10. The van der Waals surface area contributed by atoms with E-state index in [9.17, 15) is 14.7 Å². The third-order valence-electron chi connectivity index (χ3n) is 2.60. The van der Waals surface area contributed by atoms with E-state index in [4.69, 9.17) is 5.11 Å². The molecular formula is C9H15NO5. The van der Waals surface area contributed by atoms with Crippen molar-refractivity contribution in [3.63, 3.8) is 0 Å². The third kappa shape index (κ3) is 2.66. The SMILES string of the molecule is COC(=O)C(=O)N1CCC(C(O)CO)C1. The molecule has 0 aromatic rings. The standard InChI is InChI=1S/C9H15NO5/c1-15-9(14)8(13)10-3-2-6(4-10)7(12)5-11/h6-7,11-12H,2-5H2,1H3. The van der Waals surface area contributed by atoms with Gasteiger partial charge in [-0.1, -0.05) is 0 Å². The van der Waals surface area contributed by atoms with Crippen molar-refractivity contribution in [1.29, 1.82) is 0 Å². The van der Waals surface area contributed by atoms with Crippen molar-refractivity contribution in [2.24, 2.45) is 5.92 Å². The molecule has 1 heterocycles. The van der Waals surface area contributed by atoms with Crippen LogP contribution in [0.2, 0.25) is 0 Å². The van der Waals surface area contributed by atoms with E-state index in [2.05, 4.69) is 4.74 Å². The molecule has 0 aromatic carbocycles. The molecule has 2 N–H and O–H groups in total. The molecule has 0 aliphatic carbocycles. The molecule has 6 nitrogen and oxygen atoms in total. The van der Waals surface area contributed by atoms with Gasteiger partial charge in [-0.25, -0.2) is 4.79 Å². The van der Waals surface area contributed by atoms with Crippen LogP contribution in [0.15, 0.2) is 0 Å². The fourth-order valence-electron chi connectivity index (χ4n) is 1.65. The van der Waals surface area contributed by atoms with Gasteiger partial charge in [0.1, 0.15) is 0 Å². The van der Waals surface area contributed by atoms with E-state index in [0.717, 1.165) is 7.11 Å². The summed E-state index contributed by atoms with van der Waals surface area (Å²) in [6.45, 7) is 0.371. The molecule has 1 rings (SSSR count). The number of aliphatic hydroxyl groups excluding tert-OH is 2. The molecule has 0 saturated carbocycles. The van der Waals surface area contributed by atoms with Gasteiger partial charge < -0.3 is 19.8 Å². The van der Waals surface area contributed by atoms with Crippen molar-refractivity contribution < 1.29 is 24.5 Å². The van der Waals surface area contributed by atoms with Crippen LogP contribution in [0.3, 0.4) is 0 Å². The number of likely N-dealkylation sites (tertiary alicyclic amines) is 1. The number of amides is 1. The first-order valence-electron chi connectivity index (χ1n) is 4.76. The summed E-state index contributed by atoms with van der Waals surface area (Å²) in [6.07, 6.45) is -0.245. The molecule has 0 aromatic heterocycles. The molecule has 1 aliphatic heterocycles. The van der Waals surface area contributed by atoms with E-state index < -0.39 is 18.0 Å². The highest BCUT2D eigenvalue weighted by molar-refractivity contribution is 6.32. The van der Waals surface area contributed by atoms with Crippen molar-refractivity contribution in [2.75, 3.05) is 26.8 Å². The molecule has 0 radical (unpaired) electrons. The Kier molecular flexibility index (Phi) is 4.05. The number of rotatable bonds is 2. The lowest BCUT2D eigenvalue weighted by Gasteiger charge is -2.17. The zero-order chi connectivity index (χ0) is 11.4. The molecular weight excluding hydrogens is 202 g/mol. The second-order valence-electron chi connectivity index (χ2n) is 3.54. The Morgan fingerprint density at radius 3 is 2.80 bits per heavy atom. The van der Waals surface area contributed by atoms with E-state index in [1.54, 1.807) is 0 Å². The summed E-state index contributed by atoms with van der Waals surface area (Å²) in [4.78, 5) is 23.6. The highest BCUT2D eigenvalue weighted by atomic mass is 16.5. The maximum absolute atomic E-state index is 11.3. The molecule has 1 amide bonds. The Hall–Kier alpha value is -1.14. The van der Waals surface area contributed by atoms with E-state index >= 15 is 0 Å². The second-order valence-corrected chi connectivity index (χ2v) is 3.54. The molecule has 0 bridgehead atoms. The number of ether oxygens (including phenoxy) is 1. The number of aliphatic hydroxyl groups is 2. The minimum atomic E-state index is -0.894. The molecule has 1 fully saturated rings. The Balaban J connectivity index is 2.49. The number of carbonyl (C=O) groups excluding carboxylic acids is 2. The van der Waals surface area contributed by atoms with Crippen LogP contribution in [0, 0.1) is 5.92 Å². The average Bonchev–Trinajstić information content (AvgIpc) is 2.75. The summed E-state index contributed by atoms with van der Waals surface area (Å²) < 4.78 is 4.30. The van der Waals surface area contributed by atoms with Crippen LogP contribution in [-0.4, -0.2) is 59.9 Å². The first kappa shape index (κ1) is 11.9. The third-order valence-corrected chi connectivity index (χ3v) is 2.60. The Morgan fingerprint density at radius 2 is 2.27 bits per heavy atom. The largest absolute Gasteiger partial charge is 0.462 e. The summed E-state index contributed by atoms with van der Waals surface area (Å²) in [7, 11) is 1.15. The van der Waals surface area contributed by atoms with E-state index in [1.165, 1.54) is 4.90 Å². The molecule has 2 atom stereocenters. The number of esters is 1. The highest BCUT2D eigenvalue weighted by Gasteiger charge is 2.33. The van der Waals surface area contributed by atoms with Crippen molar-refractivity contribution >= 4 is 11.9 Å². The van der Waals surface area contributed by atoms with Gasteiger partial charge in [0.15, 0.2) is 0 Å². The fraction of sp³-hybridized carbons (Fsp3) is 0.778. The van der Waals surface area contributed by atoms with Crippen LogP contribution in [0.4, 0.5) is 0 Å². The quantitative estimate of drug-likeness (QED) is 0.428. The molecule has 86 valence electrons. The first-order valence-corrected chi connectivity index (χ1v) is 4.76. The lowest BCUT2D eigenvalue weighted by Crippen LogP contribution is -2.37. The van der Waals surface area contributed by atoms with Crippen LogP contribution in [-0.2, 0) is 14.3 Å². The van der Waals surface area contributed by atoms with Gasteiger partial charge in [-0.05, 0) is 6.42 Å². The van der Waals surface area contributed by atoms with Gasteiger partial charge in [0.2, 0.25) is 0 Å². The van der Waals surface area contributed by atoms with Crippen LogP contribution in [0.5, 0.6) is 0 Å². The topological polar surface area (TPSA) is 87.1 Å². The van der Waals surface area contributed by atoms with Crippen LogP contribution in [0.1, 0.15) is 6.42 Å². The van der Waals surface area contributed by atoms with E-state index in [1.807, 2.05) is 0 Å². The zero-order valence-corrected chi connectivity index (χ0v) is 8.55. The number of hydrogen-bond acceptors (Lipinski definition) is 5. The van der Waals surface area contributed by atoms with Crippen LogP contribution in [0.25, 0.3) is 0 Å². The fourth-order valence-corrected chi connectivity index (χ4v) is 1.65. The minimum Gasteiger partial charge on any atom is -0.462 e. The Labute approximate surface area is 87.4 Å². The number of carbonyl (C=O) groups is 2. The summed E-state index contributed by atoms with van der Waals surface area (Å²) >= 11 is 0. The lowest BCUT2D eigenvalue weighted by molar-refractivity contribution is -0.157. The van der Waals surface area contributed by atoms with Crippen molar-refractivity contribution in [3.05, 3.63) is 0 Å². The number of hydrogen-bond donors (Lipinski definition) is 2. The monoisotopic (exact) mass is 217 g/mol. The van der Waals surface area contributed by atoms with E-state index in [0.29, 0.717) is 13.0 Å². The van der Waals surface area contributed by atoms with Crippen molar-refractivity contribution in [1.82, 2.24) is 4.90 Å². The van der Waals surface area contributed by atoms with E-state index in [-0.39, 0.29) is 19.1 Å². The zero-order valence-electron chi connectivity index (χ0n) is 8.55. The summed E-state index contributed by atoms with van der Waals surface area (Å²) in [5.74, 6) is -1.75. The summed E-state index contributed by atoms with van der Waals surface area (Å²) in [5.41, 5.74) is 0. The summed E-state index contributed by atoms with van der Waals surface area (Å²) in [6, 6.07) is 0. The van der Waals surface area contributed by atoms with Crippen molar-refractivity contribution in [3.8, 4) is 0 Å². The van der Waals surface area contributed by atoms with Crippen molar-refractivity contribution in [2.45, 2.75) is 12.5 Å².